The molecule has 3 N–H and O–H groups in total. The zero-order chi connectivity index (χ0) is 27.6. The van der Waals surface area contributed by atoms with Gasteiger partial charge in [-0.25, -0.2) is 23.0 Å². The fourth-order valence-corrected chi connectivity index (χ4v) is 6.13. The highest BCUT2D eigenvalue weighted by atomic mass is 32.2. The standard InChI is InChI=1S/C27H25FN4O6S/c28-20-8-6-19(7-9-20)17-38-21-10-12-22(13-11-21)39(36,37)32-15-14-23-24(25(32)26(33)30-35)27(34)31(29-23)16-18-4-2-1-3-5-18/h1-13,25,29,35H,14-17H2,(H,30,33)/t25-/m1/s1. The maximum Gasteiger partial charge on any atom is 0.272 e. The van der Waals surface area contributed by atoms with Crippen molar-refractivity contribution in [2.75, 3.05) is 6.54 Å². The predicted octanol–water partition coefficient (Wildman–Crippen LogP) is 2.74. The minimum Gasteiger partial charge on any atom is -0.489 e. The number of hydrogen-bond donors (Lipinski definition) is 3. The van der Waals surface area contributed by atoms with E-state index in [0.29, 0.717) is 11.4 Å². The second-order valence-electron chi connectivity index (χ2n) is 9.01. The topological polar surface area (TPSA) is 134 Å². The van der Waals surface area contributed by atoms with E-state index < -0.39 is 27.5 Å². The molecule has 0 radical (unpaired) electrons. The number of amides is 1. The van der Waals surface area contributed by atoms with Crippen LogP contribution in [-0.4, -0.2) is 40.2 Å². The molecule has 1 aliphatic heterocycles. The molecule has 1 amide bonds. The average Bonchev–Trinajstić information content (AvgIpc) is 3.27. The molecule has 0 fully saturated rings. The van der Waals surface area contributed by atoms with Crippen molar-refractivity contribution in [1.29, 1.82) is 0 Å². The Labute approximate surface area is 223 Å². The second kappa shape index (κ2) is 10.8. The molecule has 10 nitrogen and oxygen atoms in total. The van der Waals surface area contributed by atoms with Crippen molar-refractivity contribution in [1.82, 2.24) is 19.6 Å². The number of H-pyrrole nitrogens is 1. The molecule has 3 aromatic carbocycles. The number of carbonyl (C=O) groups excluding carboxylic acids is 1. The van der Waals surface area contributed by atoms with Gasteiger partial charge in [0.05, 0.1) is 17.0 Å². The first kappa shape index (κ1) is 26.4. The van der Waals surface area contributed by atoms with Crippen LogP contribution in [0.15, 0.2) is 88.6 Å². The molecule has 5 rings (SSSR count). The molecule has 0 saturated heterocycles. The van der Waals surface area contributed by atoms with Crippen molar-refractivity contribution in [3.63, 3.8) is 0 Å². The van der Waals surface area contributed by atoms with Crippen molar-refractivity contribution in [3.8, 4) is 5.75 Å². The van der Waals surface area contributed by atoms with E-state index in [1.54, 1.807) is 12.1 Å². The Hall–Kier alpha value is -4.26. The minimum absolute atomic E-state index is 0.0356. The van der Waals surface area contributed by atoms with E-state index in [1.165, 1.54) is 46.6 Å². The molecule has 202 valence electrons. The molecule has 0 unspecified atom stereocenters. The monoisotopic (exact) mass is 552 g/mol. The van der Waals surface area contributed by atoms with Crippen molar-refractivity contribution in [3.05, 3.63) is 117 Å². The lowest BCUT2D eigenvalue weighted by atomic mass is 10.0. The molecule has 12 heteroatoms. The fraction of sp³-hybridized carbons (Fsp3) is 0.185. The SMILES string of the molecule is O=C(NO)[C@H]1c2c([nH]n(Cc3ccccc3)c2=O)CCN1S(=O)(=O)c1ccc(OCc2ccc(F)cc2)cc1. The summed E-state index contributed by atoms with van der Waals surface area (Å²) in [6, 6.07) is 19.0. The first-order chi connectivity index (χ1) is 18.8. The Morgan fingerprint density at radius 3 is 2.38 bits per heavy atom. The van der Waals surface area contributed by atoms with Gasteiger partial charge >= 0.3 is 0 Å². The van der Waals surface area contributed by atoms with Crippen LogP contribution in [0.25, 0.3) is 0 Å². The number of sulfonamides is 1. The van der Waals surface area contributed by atoms with Crippen LogP contribution in [0.5, 0.6) is 5.75 Å². The van der Waals surface area contributed by atoms with Gasteiger partial charge < -0.3 is 4.74 Å². The summed E-state index contributed by atoms with van der Waals surface area (Å²) in [7, 11) is -4.26. The summed E-state index contributed by atoms with van der Waals surface area (Å²) in [5, 5.41) is 12.4. The summed E-state index contributed by atoms with van der Waals surface area (Å²) in [4.78, 5) is 26.0. The van der Waals surface area contributed by atoms with Crippen molar-refractivity contribution in [2.24, 2.45) is 0 Å². The molecule has 0 saturated carbocycles. The fourth-order valence-electron chi connectivity index (χ4n) is 4.57. The Balaban J connectivity index is 1.40. The van der Waals surface area contributed by atoms with Crippen LogP contribution in [0.2, 0.25) is 0 Å². The summed E-state index contributed by atoms with van der Waals surface area (Å²) in [6.45, 7) is 0.260. The quantitative estimate of drug-likeness (QED) is 0.227. The van der Waals surface area contributed by atoms with Gasteiger partial charge in [0.2, 0.25) is 10.0 Å². The van der Waals surface area contributed by atoms with E-state index in [0.717, 1.165) is 15.4 Å². The van der Waals surface area contributed by atoms with Gasteiger partial charge in [0.1, 0.15) is 24.2 Å². The van der Waals surface area contributed by atoms with E-state index in [2.05, 4.69) is 5.10 Å². The third-order valence-corrected chi connectivity index (χ3v) is 8.38. The zero-order valence-corrected chi connectivity index (χ0v) is 21.4. The number of halogens is 1. The van der Waals surface area contributed by atoms with E-state index in [-0.39, 0.29) is 42.4 Å². The van der Waals surface area contributed by atoms with Crippen LogP contribution >= 0.6 is 0 Å². The number of nitrogens with one attached hydrogen (secondary N) is 2. The van der Waals surface area contributed by atoms with Crippen LogP contribution in [0.4, 0.5) is 4.39 Å². The van der Waals surface area contributed by atoms with Crippen molar-refractivity contribution in [2.45, 2.75) is 30.5 Å². The van der Waals surface area contributed by atoms with Gasteiger partial charge in [-0.3, -0.25) is 19.9 Å². The molecular formula is C27H25FN4O6S. The van der Waals surface area contributed by atoms with Gasteiger partial charge in [0.25, 0.3) is 11.5 Å². The summed E-state index contributed by atoms with van der Waals surface area (Å²) in [5.74, 6) is -1.01. The van der Waals surface area contributed by atoms with E-state index in [4.69, 9.17) is 4.74 Å². The second-order valence-corrected chi connectivity index (χ2v) is 10.9. The molecule has 1 aliphatic rings. The zero-order valence-electron chi connectivity index (χ0n) is 20.6. The number of carbonyl (C=O) groups is 1. The van der Waals surface area contributed by atoms with Gasteiger partial charge in [0.15, 0.2) is 0 Å². The highest BCUT2D eigenvalue weighted by Gasteiger charge is 2.43. The molecule has 2 heterocycles. The molecular weight excluding hydrogens is 527 g/mol. The minimum atomic E-state index is -4.26. The maximum atomic E-state index is 13.6. The first-order valence-corrected chi connectivity index (χ1v) is 13.5. The Bertz CT molecular complexity index is 1630. The molecule has 1 aromatic heterocycles. The number of hydroxylamine groups is 1. The van der Waals surface area contributed by atoms with Crippen molar-refractivity contribution < 1.29 is 27.5 Å². The number of aromatic amines is 1. The van der Waals surface area contributed by atoms with Gasteiger partial charge in [-0.05, 0) is 47.5 Å². The molecule has 0 bridgehead atoms. The smallest absolute Gasteiger partial charge is 0.272 e. The number of hydrogen-bond acceptors (Lipinski definition) is 6. The van der Waals surface area contributed by atoms with Gasteiger partial charge in [0, 0.05) is 18.7 Å². The molecule has 4 aromatic rings. The lowest BCUT2D eigenvalue weighted by molar-refractivity contribution is -0.133. The van der Waals surface area contributed by atoms with E-state index in [9.17, 15) is 27.6 Å². The Kier molecular flexibility index (Phi) is 7.33. The molecule has 0 spiro atoms. The number of nitrogens with zero attached hydrogens (tertiary/aromatic N) is 2. The summed E-state index contributed by atoms with van der Waals surface area (Å²) >= 11 is 0. The third-order valence-electron chi connectivity index (χ3n) is 6.51. The van der Waals surface area contributed by atoms with Crippen LogP contribution in [0.1, 0.15) is 28.4 Å². The van der Waals surface area contributed by atoms with Crippen LogP contribution < -0.4 is 15.8 Å². The van der Waals surface area contributed by atoms with E-state index in [1.807, 2.05) is 30.3 Å². The largest absolute Gasteiger partial charge is 0.489 e. The lowest BCUT2D eigenvalue weighted by Crippen LogP contribution is -2.48. The number of rotatable bonds is 8. The lowest BCUT2D eigenvalue weighted by Gasteiger charge is -2.32. The number of fused-ring (bicyclic) bond motifs is 1. The first-order valence-electron chi connectivity index (χ1n) is 12.1. The Morgan fingerprint density at radius 2 is 1.72 bits per heavy atom. The maximum absolute atomic E-state index is 13.6. The van der Waals surface area contributed by atoms with Crippen molar-refractivity contribution >= 4 is 15.9 Å². The highest BCUT2D eigenvalue weighted by Crippen LogP contribution is 2.33. The van der Waals surface area contributed by atoms with Gasteiger partial charge in [-0.1, -0.05) is 42.5 Å². The van der Waals surface area contributed by atoms with E-state index >= 15 is 0 Å². The Morgan fingerprint density at radius 1 is 1.03 bits per heavy atom. The average molecular weight is 553 g/mol. The molecule has 0 aliphatic carbocycles. The normalized spacial score (nSPS) is 15.5. The van der Waals surface area contributed by atoms with Crippen LogP contribution in [-0.2, 0) is 34.4 Å². The number of benzene rings is 3. The molecule has 1 atom stereocenters. The molecule has 39 heavy (non-hydrogen) atoms. The highest BCUT2D eigenvalue weighted by molar-refractivity contribution is 7.89. The van der Waals surface area contributed by atoms with Crippen LogP contribution in [0, 0.1) is 5.82 Å². The number of aromatic nitrogens is 2. The predicted molar refractivity (Wildman–Crippen MR) is 138 cm³/mol. The van der Waals surface area contributed by atoms with Gasteiger partial charge in [-0.2, -0.15) is 4.31 Å². The van der Waals surface area contributed by atoms with Gasteiger partial charge in [-0.15, -0.1) is 0 Å². The summed E-state index contributed by atoms with van der Waals surface area (Å²) in [5.41, 5.74) is 2.93. The summed E-state index contributed by atoms with van der Waals surface area (Å²) < 4.78 is 48.2. The number of ether oxygens (including phenoxy) is 1. The van der Waals surface area contributed by atoms with Crippen LogP contribution in [0.3, 0.4) is 0 Å². The third kappa shape index (κ3) is 5.35. The summed E-state index contributed by atoms with van der Waals surface area (Å²) in [6.07, 6.45) is 0.166.